The van der Waals surface area contributed by atoms with Gasteiger partial charge in [-0.15, -0.1) is 0 Å². The van der Waals surface area contributed by atoms with Crippen molar-refractivity contribution in [2.45, 2.75) is 5.60 Å². The van der Waals surface area contributed by atoms with Crippen LogP contribution in [-0.2, 0) is 5.60 Å². The van der Waals surface area contributed by atoms with Gasteiger partial charge < -0.3 is 20.6 Å². The lowest BCUT2D eigenvalue weighted by Gasteiger charge is -2.38. The van der Waals surface area contributed by atoms with Gasteiger partial charge in [-0.25, -0.2) is 0 Å². The third-order valence-corrected chi connectivity index (χ3v) is 2.35. The van der Waals surface area contributed by atoms with Gasteiger partial charge in [0.05, 0.1) is 0 Å². The summed E-state index contributed by atoms with van der Waals surface area (Å²) < 4.78 is 0. The van der Waals surface area contributed by atoms with Crippen LogP contribution in [0.3, 0.4) is 0 Å². The standard InChI is InChI=1S/C9H11NO3/c11-7-3-1-2-6(8(7)12)9(13)4-10-5-9/h1-3,10-13H,4-5H2. The van der Waals surface area contributed by atoms with E-state index in [2.05, 4.69) is 5.32 Å². The quantitative estimate of drug-likeness (QED) is 0.456. The molecule has 13 heavy (non-hydrogen) atoms. The molecule has 0 atom stereocenters. The van der Waals surface area contributed by atoms with Crippen molar-refractivity contribution in [1.29, 1.82) is 0 Å². The number of β-amino-alcohol motifs (C(OH)–C–C–N with tert-alkyl or cyclic N) is 1. The maximum absolute atomic E-state index is 9.85. The molecular weight excluding hydrogens is 170 g/mol. The number of aromatic hydroxyl groups is 2. The summed E-state index contributed by atoms with van der Waals surface area (Å²) in [4.78, 5) is 0. The molecule has 0 bridgehead atoms. The van der Waals surface area contributed by atoms with Crippen molar-refractivity contribution < 1.29 is 15.3 Å². The third kappa shape index (κ3) is 1.15. The lowest BCUT2D eigenvalue weighted by atomic mass is 9.87. The summed E-state index contributed by atoms with van der Waals surface area (Å²) in [5.74, 6) is -0.427. The highest BCUT2D eigenvalue weighted by Crippen LogP contribution is 2.37. The van der Waals surface area contributed by atoms with Crippen molar-refractivity contribution in [2.75, 3.05) is 13.1 Å². The van der Waals surface area contributed by atoms with E-state index in [1.165, 1.54) is 6.07 Å². The van der Waals surface area contributed by atoms with E-state index in [1.54, 1.807) is 12.1 Å². The molecule has 1 fully saturated rings. The summed E-state index contributed by atoms with van der Waals surface area (Å²) in [6.45, 7) is 0.814. The average Bonchev–Trinajstić information content (AvgIpc) is 2.06. The molecule has 1 aliphatic heterocycles. The Hall–Kier alpha value is -1.26. The van der Waals surface area contributed by atoms with Crippen molar-refractivity contribution in [2.24, 2.45) is 0 Å². The first-order chi connectivity index (χ1) is 6.13. The molecule has 1 aromatic carbocycles. The topological polar surface area (TPSA) is 72.7 Å². The Balaban J connectivity index is 2.45. The van der Waals surface area contributed by atoms with Crippen molar-refractivity contribution in [3.05, 3.63) is 23.8 Å². The second kappa shape index (κ2) is 2.61. The Bertz CT molecular complexity index is 334. The molecule has 1 aromatic rings. The smallest absolute Gasteiger partial charge is 0.163 e. The first-order valence-electron chi connectivity index (χ1n) is 4.08. The van der Waals surface area contributed by atoms with E-state index in [4.69, 9.17) is 0 Å². The van der Waals surface area contributed by atoms with Crippen molar-refractivity contribution in [1.82, 2.24) is 5.32 Å². The second-order valence-electron chi connectivity index (χ2n) is 3.31. The first-order valence-corrected chi connectivity index (χ1v) is 4.08. The zero-order valence-electron chi connectivity index (χ0n) is 6.99. The molecule has 0 amide bonds. The predicted octanol–water partition coefficient (Wildman–Crippen LogP) is -0.111. The summed E-state index contributed by atoms with van der Waals surface area (Å²) in [6, 6.07) is 4.59. The molecule has 4 N–H and O–H groups in total. The van der Waals surface area contributed by atoms with Crippen LogP contribution in [0.1, 0.15) is 5.56 Å². The molecular formula is C9H11NO3. The van der Waals surface area contributed by atoms with Gasteiger partial charge in [-0.2, -0.15) is 0 Å². The average molecular weight is 181 g/mol. The van der Waals surface area contributed by atoms with Crippen LogP contribution in [0.25, 0.3) is 0 Å². The van der Waals surface area contributed by atoms with Gasteiger partial charge in [-0.1, -0.05) is 12.1 Å². The van der Waals surface area contributed by atoms with Gasteiger partial charge >= 0.3 is 0 Å². The summed E-state index contributed by atoms with van der Waals surface area (Å²) in [5.41, 5.74) is -0.644. The molecule has 0 unspecified atom stereocenters. The van der Waals surface area contributed by atoms with Crippen LogP contribution in [-0.4, -0.2) is 28.4 Å². The molecule has 0 saturated carbocycles. The van der Waals surface area contributed by atoms with Gasteiger partial charge in [0, 0.05) is 18.7 Å². The first kappa shape index (κ1) is 8.34. The fourth-order valence-corrected chi connectivity index (χ4v) is 1.46. The highest BCUT2D eigenvalue weighted by molar-refractivity contribution is 5.48. The highest BCUT2D eigenvalue weighted by Gasteiger charge is 2.38. The van der Waals surface area contributed by atoms with Gasteiger partial charge in [0.2, 0.25) is 0 Å². The Morgan fingerprint density at radius 1 is 1.23 bits per heavy atom. The number of aliphatic hydroxyl groups is 1. The maximum Gasteiger partial charge on any atom is 0.163 e. The lowest BCUT2D eigenvalue weighted by molar-refractivity contribution is -0.0167. The predicted molar refractivity (Wildman–Crippen MR) is 46.5 cm³/mol. The van der Waals surface area contributed by atoms with Crippen LogP contribution in [0, 0.1) is 0 Å². The van der Waals surface area contributed by atoms with Gasteiger partial charge in [0.1, 0.15) is 5.60 Å². The van der Waals surface area contributed by atoms with E-state index < -0.39 is 5.60 Å². The van der Waals surface area contributed by atoms with Crippen LogP contribution in [0.15, 0.2) is 18.2 Å². The number of benzene rings is 1. The molecule has 0 aliphatic carbocycles. The minimum absolute atomic E-state index is 0.196. The van der Waals surface area contributed by atoms with Crippen LogP contribution >= 0.6 is 0 Å². The van der Waals surface area contributed by atoms with Gasteiger partial charge in [0.25, 0.3) is 0 Å². The molecule has 1 saturated heterocycles. The Morgan fingerprint density at radius 2 is 1.92 bits per heavy atom. The van der Waals surface area contributed by atoms with Crippen molar-refractivity contribution >= 4 is 0 Å². The lowest BCUT2D eigenvalue weighted by Crippen LogP contribution is -2.56. The highest BCUT2D eigenvalue weighted by atomic mass is 16.3. The molecule has 1 aliphatic rings. The van der Waals surface area contributed by atoms with E-state index in [-0.39, 0.29) is 11.5 Å². The van der Waals surface area contributed by atoms with E-state index in [0.717, 1.165) is 0 Å². The van der Waals surface area contributed by atoms with Gasteiger partial charge in [-0.05, 0) is 6.07 Å². The summed E-state index contributed by atoms with van der Waals surface area (Å²) in [7, 11) is 0. The molecule has 0 spiro atoms. The Morgan fingerprint density at radius 3 is 2.46 bits per heavy atom. The molecule has 0 aromatic heterocycles. The van der Waals surface area contributed by atoms with Gasteiger partial charge in [0.15, 0.2) is 11.5 Å². The Kier molecular flexibility index (Phi) is 1.68. The van der Waals surface area contributed by atoms with Crippen LogP contribution in [0.5, 0.6) is 11.5 Å². The third-order valence-electron chi connectivity index (χ3n) is 2.35. The number of nitrogens with one attached hydrogen (secondary N) is 1. The van der Waals surface area contributed by atoms with E-state index in [9.17, 15) is 15.3 Å². The number of hydrogen-bond donors (Lipinski definition) is 4. The fourth-order valence-electron chi connectivity index (χ4n) is 1.46. The molecule has 4 heteroatoms. The van der Waals surface area contributed by atoms with Crippen LogP contribution in [0.2, 0.25) is 0 Å². The summed E-state index contributed by atoms with van der Waals surface area (Å²) >= 11 is 0. The Labute approximate surface area is 75.5 Å². The fraction of sp³-hybridized carbons (Fsp3) is 0.333. The number of rotatable bonds is 1. The molecule has 1 heterocycles. The van der Waals surface area contributed by atoms with Crippen LogP contribution < -0.4 is 5.32 Å². The number of phenolic OH excluding ortho intramolecular Hbond substituents is 2. The molecule has 0 radical (unpaired) electrons. The van der Waals surface area contributed by atoms with Crippen molar-refractivity contribution in [3.63, 3.8) is 0 Å². The molecule has 2 rings (SSSR count). The number of para-hydroxylation sites is 1. The van der Waals surface area contributed by atoms with E-state index in [1.807, 2.05) is 0 Å². The summed E-state index contributed by atoms with van der Waals surface area (Å²) in [6.07, 6.45) is 0. The largest absolute Gasteiger partial charge is 0.504 e. The van der Waals surface area contributed by atoms with Crippen LogP contribution in [0.4, 0.5) is 0 Å². The molecule has 70 valence electrons. The second-order valence-corrected chi connectivity index (χ2v) is 3.31. The zero-order chi connectivity index (χ0) is 9.47. The number of phenols is 2. The summed E-state index contributed by atoms with van der Waals surface area (Å²) in [5, 5.41) is 31.4. The number of hydrogen-bond acceptors (Lipinski definition) is 4. The van der Waals surface area contributed by atoms with E-state index in [0.29, 0.717) is 18.7 Å². The monoisotopic (exact) mass is 181 g/mol. The van der Waals surface area contributed by atoms with Gasteiger partial charge in [-0.3, -0.25) is 0 Å². The minimum atomic E-state index is -1.02. The molecule has 4 nitrogen and oxygen atoms in total. The minimum Gasteiger partial charge on any atom is -0.504 e. The normalized spacial score (nSPS) is 19.5. The van der Waals surface area contributed by atoms with E-state index >= 15 is 0 Å². The SMILES string of the molecule is Oc1cccc(C2(O)CNC2)c1O. The maximum atomic E-state index is 9.85. The zero-order valence-corrected chi connectivity index (χ0v) is 6.99. The van der Waals surface area contributed by atoms with Crippen molar-refractivity contribution in [3.8, 4) is 11.5 Å².